The van der Waals surface area contributed by atoms with Gasteiger partial charge in [0.1, 0.15) is 17.1 Å². The van der Waals surface area contributed by atoms with E-state index in [-0.39, 0.29) is 11.0 Å². The van der Waals surface area contributed by atoms with E-state index in [2.05, 4.69) is 25.9 Å². The molecular weight excluding hydrogens is 420 g/mol. The summed E-state index contributed by atoms with van der Waals surface area (Å²) < 4.78 is 7.20. The van der Waals surface area contributed by atoms with E-state index in [0.29, 0.717) is 17.9 Å². The molecule has 2 aromatic carbocycles. The molecule has 30 heavy (non-hydrogen) atoms. The molecule has 1 amide bonds. The Morgan fingerprint density at radius 3 is 2.83 bits per heavy atom. The first-order chi connectivity index (χ1) is 14.6. The van der Waals surface area contributed by atoms with Gasteiger partial charge in [-0.2, -0.15) is 9.61 Å². The Morgan fingerprint density at radius 2 is 2.07 bits per heavy atom. The average Bonchev–Trinajstić information content (AvgIpc) is 3.35. The van der Waals surface area contributed by atoms with Crippen molar-refractivity contribution in [3.05, 3.63) is 60.4 Å². The van der Waals surface area contributed by atoms with Crippen LogP contribution >= 0.6 is 23.6 Å². The van der Waals surface area contributed by atoms with Gasteiger partial charge >= 0.3 is 0 Å². The standard InChI is InChI=1S/C20H18N6O2S2/c1-2-10-28-16-5-3-4-14(11-16)17(27)23-19(29)22-15-8-6-13(7-9-15)18-25-26-12-21-24-20(26)30-18/h3-9,11-12H,2,10H2,1H3,(H2,22,23,27,29). The summed E-state index contributed by atoms with van der Waals surface area (Å²) in [4.78, 5) is 13.2. The first kappa shape index (κ1) is 19.9. The summed E-state index contributed by atoms with van der Waals surface area (Å²) >= 11 is 6.72. The Labute approximate surface area is 181 Å². The number of nitrogens with zero attached hydrogens (tertiary/aromatic N) is 4. The minimum Gasteiger partial charge on any atom is -0.494 e. The van der Waals surface area contributed by atoms with Gasteiger partial charge in [-0.3, -0.25) is 10.1 Å². The predicted molar refractivity (Wildman–Crippen MR) is 120 cm³/mol. The molecule has 0 aliphatic carbocycles. The lowest BCUT2D eigenvalue weighted by Gasteiger charge is -2.11. The lowest BCUT2D eigenvalue weighted by molar-refractivity contribution is 0.0977. The maximum absolute atomic E-state index is 12.5. The van der Waals surface area contributed by atoms with Crippen molar-refractivity contribution < 1.29 is 9.53 Å². The van der Waals surface area contributed by atoms with Gasteiger partial charge in [0.05, 0.1) is 6.61 Å². The number of carbonyl (C=O) groups excluding carboxylic acids is 1. The fourth-order valence-corrected chi connectivity index (χ4v) is 3.69. The number of hydrogen-bond acceptors (Lipinski definition) is 7. The molecule has 0 saturated carbocycles. The Hall–Kier alpha value is -3.37. The monoisotopic (exact) mass is 438 g/mol. The van der Waals surface area contributed by atoms with Crippen molar-refractivity contribution >= 4 is 45.2 Å². The third-order valence-electron chi connectivity index (χ3n) is 4.07. The van der Waals surface area contributed by atoms with Crippen LogP contribution in [0.15, 0.2) is 54.9 Å². The summed E-state index contributed by atoms with van der Waals surface area (Å²) in [5, 5.41) is 19.0. The van der Waals surface area contributed by atoms with Crippen LogP contribution in [0.2, 0.25) is 0 Å². The van der Waals surface area contributed by atoms with Gasteiger partial charge in [-0.15, -0.1) is 10.2 Å². The lowest BCUT2D eigenvalue weighted by atomic mass is 10.2. The molecule has 2 heterocycles. The van der Waals surface area contributed by atoms with Gasteiger partial charge in [0.2, 0.25) is 4.96 Å². The smallest absolute Gasteiger partial charge is 0.257 e. The normalized spacial score (nSPS) is 10.7. The number of rotatable bonds is 6. The maximum atomic E-state index is 12.5. The van der Waals surface area contributed by atoms with Crippen molar-refractivity contribution in [2.45, 2.75) is 13.3 Å². The zero-order valence-electron chi connectivity index (χ0n) is 16.0. The van der Waals surface area contributed by atoms with Crippen molar-refractivity contribution in [1.82, 2.24) is 25.1 Å². The fourth-order valence-electron chi connectivity index (χ4n) is 2.66. The Morgan fingerprint density at radius 1 is 1.23 bits per heavy atom. The van der Waals surface area contributed by atoms with E-state index in [1.165, 1.54) is 11.3 Å². The summed E-state index contributed by atoms with van der Waals surface area (Å²) in [6.07, 6.45) is 2.47. The van der Waals surface area contributed by atoms with Gasteiger partial charge in [0.15, 0.2) is 5.11 Å². The van der Waals surface area contributed by atoms with Crippen LogP contribution in [-0.4, -0.2) is 37.4 Å². The third kappa shape index (κ3) is 4.61. The van der Waals surface area contributed by atoms with Crippen LogP contribution in [0.3, 0.4) is 0 Å². The largest absolute Gasteiger partial charge is 0.494 e. The number of aromatic nitrogens is 4. The van der Waals surface area contributed by atoms with E-state index in [1.807, 2.05) is 37.3 Å². The molecular formula is C20H18N6O2S2. The van der Waals surface area contributed by atoms with E-state index in [0.717, 1.165) is 27.6 Å². The van der Waals surface area contributed by atoms with E-state index in [4.69, 9.17) is 17.0 Å². The molecule has 0 saturated heterocycles. The van der Waals surface area contributed by atoms with Crippen molar-refractivity contribution in [2.24, 2.45) is 0 Å². The topological polar surface area (TPSA) is 93.4 Å². The van der Waals surface area contributed by atoms with Crippen molar-refractivity contribution in [3.8, 4) is 16.3 Å². The molecule has 0 bridgehead atoms. The molecule has 0 aliphatic heterocycles. The number of amides is 1. The summed E-state index contributed by atoms with van der Waals surface area (Å²) in [5.41, 5.74) is 2.19. The second-order valence-electron chi connectivity index (χ2n) is 6.33. The molecule has 4 aromatic rings. The zero-order chi connectivity index (χ0) is 20.9. The van der Waals surface area contributed by atoms with Gasteiger partial charge in [0, 0.05) is 16.8 Å². The summed E-state index contributed by atoms with van der Waals surface area (Å²) in [6.45, 7) is 2.63. The van der Waals surface area contributed by atoms with E-state index in [1.54, 1.807) is 29.0 Å². The lowest BCUT2D eigenvalue weighted by Crippen LogP contribution is -2.34. The van der Waals surface area contributed by atoms with Crippen LogP contribution in [-0.2, 0) is 0 Å². The number of ether oxygens (including phenoxy) is 1. The van der Waals surface area contributed by atoms with Crippen molar-refractivity contribution in [3.63, 3.8) is 0 Å². The maximum Gasteiger partial charge on any atom is 0.257 e. The predicted octanol–water partition coefficient (Wildman–Crippen LogP) is 3.77. The highest BCUT2D eigenvalue weighted by atomic mass is 32.1. The SMILES string of the molecule is CCCOc1cccc(C(=O)NC(=S)Nc2ccc(-c3nn4cnnc4s3)cc2)c1. The van der Waals surface area contributed by atoms with Gasteiger partial charge in [-0.1, -0.05) is 24.3 Å². The summed E-state index contributed by atoms with van der Waals surface area (Å²) in [7, 11) is 0. The van der Waals surface area contributed by atoms with Crippen molar-refractivity contribution in [2.75, 3.05) is 11.9 Å². The van der Waals surface area contributed by atoms with E-state index < -0.39 is 0 Å². The van der Waals surface area contributed by atoms with E-state index >= 15 is 0 Å². The van der Waals surface area contributed by atoms with Gasteiger partial charge < -0.3 is 10.1 Å². The second-order valence-corrected chi connectivity index (χ2v) is 7.69. The number of benzene rings is 2. The number of nitrogens with one attached hydrogen (secondary N) is 2. The first-order valence-electron chi connectivity index (χ1n) is 9.25. The number of thiocarbonyl (C=S) groups is 1. The minimum atomic E-state index is -0.300. The molecule has 10 heteroatoms. The van der Waals surface area contributed by atoms with Crippen LogP contribution in [0, 0.1) is 0 Å². The molecule has 152 valence electrons. The third-order valence-corrected chi connectivity index (χ3v) is 5.24. The Balaban J connectivity index is 1.36. The average molecular weight is 439 g/mol. The minimum absolute atomic E-state index is 0.214. The molecule has 0 radical (unpaired) electrons. The van der Waals surface area contributed by atoms with Crippen LogP contribution < -0.4 is 15.4 Å². The molecule has 0 spiro atoms. The summed E-state index contributed by atoms with van der Waals surface area (Å²) in [5.74, 6) is 0.357. The zero-order valence-corrected chi connectivity index (χ0v) is 17.7. The summed E-state index contributed by atoms with van der Waals surface area (Å²) in [6, 6.07) is 14.6. The van der Waals surface area contributed by atoms with Gasteiger partial charge in [0.25, 0.3) is 5.91 Å². The second kappa shape index (κ2) is 8.97. The van der Waals surface area contributed by atoms with Crippen LogP contribution in [0.4, 0.5) is 5.69 Å². The van der Waals surface area contributed by atoms with Gasteiger partial charge in [-0.05, 0) is 61.1 Å². The number of anilines is 1. The van der Waals surface area contributed by atoms with Crippen LogP contribution in [0.1, 0.15) is 23.7 Å². The quantitative estimate of drug-likeness (QED) is 0.443. The highest BCUT2D eigenvalue weighted by Crippen LogP contribution is 2.25. The highest BCUT2D eigenvalue weighted by Gasteiger charge is 2.10. The molecule has 4 rings (SSSR count). The Kier molecular flexibility index (Phi) is 5.96. The Bertz CT molecular complexity index is 1160. The van der Waals surface area contributed by atoms with Gasteiger partial charge in [-0.25, -0.2) is 0 Å². The molecule has 0 fully saturated rings. The number of carbonyl (C=O) groups is 1. The molecule has 8 nitrogen and oxygen atoms in total. The molecule has 0 aliphatic rings. The van der Waals surface area contributed by atoms with Crippen molar-refractivity contribution in [1.29, 1.82) is 0 Å². The molecule has 2 aromatic heterocycles. The number of hydrogen-bond donors (Lipinski definition) is 2. The first-order valence-corrected chi connectivity index (χ1v) is 10.5. The van der Waals surface area contributed by atoms with Crippen LogP contribution in [0.25, 0.3) is 15.5 Å². The highest BCUT2D eigenvalue weighted by molar-refractivity contribution is 7.80. The van der Waals surface area contributed by atoms with Crippen LogP contribution in [0.5, 0.6) is 5.75 Å². The molecule has 0 unspecified atom stereocenters. The molecule has 0 atom stereocenters. The molecule has 2 N–H and O–H groups in total. The number of fused-ring (bicyclic) bond motifs is 1. The fraction of sp³-hybridized carbons (Fsp3) is 0.150. The van der Waals surface area contributed by atoms with E-state index in [9.17, 15) is 4.79 Å².